The molecule has 4 nitrogen and oxygen atoms in total. The molecule has 0 fully saturated rings. The Kier molecular flexibility index (Phi) is 4.37. The molecule has 0 saturated carbocycles. The lowest BCUT2D eigenvalue weighted by atomic mass is 10.0. The zero-order valence-electron chi connectivity index (χ0n) is 10.2. The van der Waals surface area contributed by atoms with Crippen molar-refractivity contribution in [3.63, 3.8) is 0 Å². The van der Waals surface area contributed by atoms with Crippen LogP contribution in [0.2, 0.25) is 5.02 Å². The molecule has 0 spiro atoms. The highest BCUT2D eigenvalue weighted by Gasteiger charge is 2.13. The Hall–Kier alpha value is -0.910. The molecule has 0 radical (unpaired) electrons. The van der Waals surface area contributed by atoms with Gasteiger partial charge in [0.15, 0.2) is 0 Å². The van der Waals surface area contributed by atoms with Crippen LogP contribution in [0.1, 0.15) is 17.3 Å². The molecule has 96 valence electrons. The van der Waals surface area contributed by atoms with Crippen molar-refractivity contribution in [1.29, 1.82) is 0 Å². The van der Waals surface area contributed by atoms with Crippen LogP contribution in [0, 0.1) is 0 Å². The summed E-state index contributed by atoms with van der Waals surface area (Å²) in [6.07, 6.45) is 2.70. The first-order valence-electron chi connectivity index (χ1n) is 5.57. The second kappa shape index (κ2) is 5.82. The van der Waals surface area contributed by atoms with Crippen molar-refractivity contribution in [2.45, 2.75) is 12.5 Å². The number of rotatable bonds is 4. The maximum absolute atomic E-state index is 6.07. The minimum absolute atomic E-state index is 0.164. The fourth-order valence-electron chi connectivity index (χ4n) is 1.86. The highest BCUT2D eigenvalue weighted by Crippen LogP contribution is 2.25. The summed E-state index contributed by atoms with van der Waals surface area (Å²) in [6, 6.07) is 6.06. The third-order valence-electron chi connectivity index (χ3n) is 2.70. The fourth-order valence-corrected chi connectivity index (χ4v) is 2.75. The third-order valence-corrected chi connectivity index (χ3v) is 3.38. The van der Waals surface area contributed by atoms with E-state index in [-0.39, 0.29) is 6.04 Å². The summed E-state index contributed by atoms with van der Waals surface area (Å²) in [5.74, 6) is 0. The van der Waals surface area contributed by atoms with Crippen LogP contribution < -0.4 is 5.32 Å². The number of aryl methyl sites for hydroxylation is 1. The van der Waals surface area contributed by atoms with Crippen molar-refractivity contribution in [1.82, 2.24) is 20.3 Å². The quantitative estimate of drug-likeness (QED) is 0.938. The predicted molar refractivity (Wildman–Crippen MR) is 75.7 cm³/mol. The number of hydrogen-bond acceptors (Lipinski definition) is 3. The Bertz CT molecular complexity index is 520. The normalized spacial score (nSPS) is 12.7. The first-order valence-corrected chi connectivity index (χ1v) is 6.74. The molecule has 0 aliphatic heterocycles. The van der Waals surface area contributed by atoms with Gasteiger partial charge in [-0.25, -0.2) is 0 Å². The zero-order chi connectivity index (χ0) is 13.1. The van der Waals surface area contributed by atoms with Gasteiger partial charge in [0.2, 0.25) is 0 Å². The van der Waals surface area contributed by atoms with E-state index in [1.165, 1.54) is 0 Å². The second-order valence-electron chi connectivity index (χ2n) is 4.13. The summed E-state index contributed by atoms with van der Waals surface area (Å²) in [5, 5.41) is 12.0. The average molecular weight is 330 g/mol. The molecule has 1 heterocycles. The number of hydrogen-bond donors (Lipinski definition) is 1. The van der Waals surface area contributed by atoms with Gasteiger partial charge < -0.3 is 5.32 Å². The van der Waals surface area contributed by atoms with Crippen molar-refractivity contribution in [2.75, 3.05) is 7.05 Å². The summed E-state index contributed by atoms with van der Waals surface area (Å²) < 4.78 is 2.68. The molecule has 2 aromatic rings. The van der Waals surface area contributed by atoms with Crippen molar-refractivity contribution in [3.05, 3.63) is 45.1 Å². The molecule has 0 saturated heterocycles. The van der Waals surface area contributed by atoms with Gasteiger partial charge >= 0.3 is 0 Å². The molecule has 0 bridgehead atoms. The molecule has 0 aliphatic carbocycles. The molecule has 1 aromatic heterocycles. The Balaban J connectivity index is 2.22. The Morgan fingerprint density at radius 3 is 2.78 bits per heavy atom. The van der Waals surface area contributed by atoms with Gasteiger partial charge in [-0.3, -0.25) is 4.68 Å². The molecule has 1 aromatic carbocycles. The summed E-state index contributed by atoms with van der Waals surface area (Å²) in [6.45, 7) is 0. The number of nitrogens with one attached hydrogen (secondary N) is 1. The fraction of sp³-hybridized carbons (Fsp3) is 0.333. The minimum Gasteiger partial charge on any atom is -0.313 e. The number of benzene rings is 1. The maximum atomic E-state index is 6.07. The van der Waals surface area contributed by atoms with E-state index in [9.17, 15) is 0 Å². The van der Waals surface area contributed by atoms with Crippen molar-refractivity contribution in [3.8, 4) is 0 Å². The SMILES string of the molecule is CNC(Cc1cn(C)nn1)c1cc(Cl)cc(Br)c1. The van der Waals surface area contributed by atoms with Gasteiger partial charge in [0.25, 0.3) is 0 Å². The van der Waals surface area contributed by atoms with Crippen LogP contribution in [0.4, 0.5) is 0 Å². The van der Waals surface area contributed by atoms with E-state index in [0.29, 0.717) is 0 Å². The van der Waals surface area contributed by atoms with Crippen LogP contribution in [-0.2, 0) is 13.5 Å². The van der Waals surface area contributed by atoms with Gasteiger partial charge in [0.05, 0.1) is 5.69 Å². The second-order valence-corrected chi connectivity index (χ2v) is 5.48. The lowest BCUT2D eigenvalue weighted by Gasteiger charge is -2.16. The van der Waals surface area contributed by atoms with Gasteiger partial charge in [0.1, 0.15) is 0 Å². The molecule has 6 heteroatoms. The Morgan fingerprint density at radius 2 is 2.22 bits per heavy atom. The zero-order valence-corrected chi connectivity index (χ0v) is 12.5. The van der Waals surface area contributed by atoms with Crippen LogP contribution in [0.5, 0.6) is 0 Å². The van der Waals surface area contributed by atoms with Crippen LogP contribution >= 0.6 is 27.5 Å². The molecule has 2 rings (SSSR count). The van der Waals surface area contributed by atoms with E-state index in [0.717, 1.165) is 27.2 Å². The van der Waals surface area contributed by atoms with E-state index in [1.807, 2.05) is 32.4 Å². The van der Waals surface area contributed by atoms with Crippen LogP contribution in [0.15, 0.2) is 28.9 Å². The highest BCUT2D eigenvalue weighted by molar-refractivity contribution is 9.10. The lowest BCUT2D eigenvalue weighted by molar-refractivity contribution is 0.583. The van der Waals surface area contributed by atoms with Crippen molar-refractivity contribution in [2.24, 2.45) is 7.05 Å². The van der Waals surface area contributed by atoms with Gasteiger partial charge in [-0.05, 0) is 30.8 Å². The molecule has 1 N–H and O–H groups in total. The highest BCUT2D eigenvalue weighted by atomic mass is 79.9. The van der Waals surface area contributed by atoms with E-state index in [2.05, 4.69) is 37.6 Å². The van der Waals surface area contributed by atoms with E-state index >= 15 is 0 Å². The summed E-state index contributed by atoms with van der Waals surface area (Å²) in [7, 11) is 3.79. The number of aromatic nitrogens is 3. The van der Waals surface area contributed by atoms with Gasteiger partial charge in [0, 0.05) is 35.2 Å². The van der Waals surface area contributed by atoms with Crippen LogP contribution in [0.3, 0.4) is 0 Å². The summed E-state index contributed by atoms with van der Waals surface area (Å²) in [4.78, 5) is 0. The van der Waals surface area contributed by atoms with Crippen molar-refractivity contribution < 1.29 is 0 Å². The lowest BCUT2D eigenvalue weighted by Crippen LogP contribution is -2.19. The number of nitrogens with zero attached hydrogens (tertiary/aromatic N) is 3. The van der Waals surface area contributed by atoms with Crippen molar-refractivity contribution >= 4 is 27.5 Å². The average Bonchev–Trinajstić information content (AvgIpc) is 2.70. The maximum Gasteiger partial charge on any atom is 0.0845 e. The monoisotopic (exact) mass is 328 g/mol. The molecule has 1 atom stereocenters. The summed E-state index contributed by atoms with van der Waals surface area (Å²) >= 11 is 9.52. The Morgan fingerprint density at radius 1 is 1.44 bits per heavy atom. The van der Waals surface area contributed by atoms with Gasteiger partial charge in [-0.1, -0.05) is 32.7 Å². The third kappa shape index (κ3) is 3.31. The van der Waals surface area contributed by atoms with Gasteiger partial charge in [-0.15, -0.1) is 5.10 Å². The first-order chi connectivity index (χ1) is 8.58. The minimum atomic E-state index is 0.164. The van der Waals surface area contributed by atoms with E-state index < -0.39 is 0 Å². The number of halogens is 2. The number of likely N-dealkylation sites (N-methyl/N-ethyl adjacent to an activating group) is 1. The molecule has 1 unspecified atom stereocenters. The molecule has 0 aliphatic rings. The Labute approximate surface area is 119 Å². The molecular weight excluding hydrogens is 316 g/mol. The van der Waals surface area contributed by atoms with Crippen LogP contribution in [0.25, 0.3) is 0 Å². The predicted octanol–water partition coefficient (Wildman–Crippen LogP) is 2.73. The van der Waals surface area contributed by atoms with E-state index in [1.54, 1.807) is 4.68 Å². The smallest absolute Gasteiger partial charge is 0.0845 e. The van der Waals surface area contributed by atoms with E-state index in [4.69, 9.17) is 11.6 Å². The molecule has 18 heavy (non-hydrogen) atoms. The summed E-state index contributed by atoms with van der Waals surface area (Å²) in [5.41, 5.74) is 2.08. The van der Waals surface area contributed by atoms with Crippen LogP contribution in [-0.4, -0.2) is 22.0 Å². The topological polar surface area (TPSA) is 42.7 Å². The molecular formula is C12H14BrClN4. The van der Waals surface area contributed by atoms with Gasteiger partial charge in [-0.2, -0.15) is 0 Å². The largest absolute Gasteiger partial charge is 0.313 e. The first kappa shape index (κ1) is 13.5. The molecule has 0 amide bonds. The standard InChI is InChI=1S/C12H14BrClN4/c1-15-12(6-11-7-18(2)17-16-11)8-3-9(13)5-10(14)4-8/h3-5,7,12,15H,6H2,1-2H3.